The number of aryl methyl sites for hydroxylation is 1. The van der Waals surface area contributed by atoms with Crippen molar-refractivity contribution in [1.82, 2.24) is 14.9 Å². The van der Waals surface area contributed by atoms with Crippen molar-refractivity contribution in [3.8, 4) is 0 Å². The monoisotopic (exact) mass is 452 g/mol. The van der Waals surface area contributed by atoms with Crippen LogP contribution < -0.4 is 16.6 Å². The minimum Gasteiger partial charge on any atom is -0.460 e. The van der Waals surface area contributed by atoms with Gasteiger partial charge in [0.2, 0.25) is 0 Å². The zero-order valence-corrected chi connectivity index (χ0v) is 18.5. The molecule has 176 valence electrons. The van der Waals surface area contributed by atoms with Crippen LogP contribution >= 0.6 is 0 Å². The number of carbonyl (C=O) groups excluding carboxylic acids is 2. The Labute approximate surface area is 183 Å². The van der Waals surface area contributed by atoms with Crippen LogP contribution in [0.2, 0.25) is 0 Å². The summed E-state index contributed by atoms with van der Waals surface area (Å²) in [6.07, 6.45) is -0.237. The van der Waals surface area contributed by atoms with Crippen LogP contribution in [0.3, 0.4) is 0 Å². The highest BCUT2D eigenvalue weighted by molar-refractivity contribution is 5.70. The summed E-state index contributed by atoms with van der Waals surface area (Å²) in [6.45, 7) is 6.85. The molecular formula is C19H28N6O7. The number of alkyl carbamates (subject to hydrolysis) is 1. The normalized spacial score (nSPS) is 20.3. The van der Waals surface area contributed by atoms with Gasteiger partial charge in [-0.05, 0) is 39.6 Å². The van der Waals surface area contributed by atoms with Gasteiger partial charge in [-0.25, -0.2) is 9.59 Å². The molecule has 1 aliphatic heterocycles. The number of aromatic amines is 1. The summed E-state index contributed by atoms with van der Waals surface area (Å²) in [6, 6.07) is -0.677. The molecule has 2 heterocycles. The van der Waals surface area contributed by atoms with E-state index in [4.69, 9.17) is 19.7 Å². The zero-order valence-electron chi connectivity index (χ0n) is 18.5. The number of nitrogens with one attached hydrogen (secondary N) is 2. The van der Waals surface area contributed by atoms with Gasteiger partial charge >= 0.3 is 17.8 Å². The number of H-pyrrole nitrogens is 1. The average Bonchev–Trinajstić information content (AvgIpc) is 3.08. The Morgan fingerprint density at radius 1 is 1.41 bits per heavy atom. The highest BCUT2D eigenvalue weighted by atomic mass is 16.6. The maximum absolute atomic E-state index is 12.1. The van der Waals surface area contributed by atoms with E-state index in [0.717, 1.165) is 0 Å². The largest absolute Gasteiger partial charge is 0.460 e. The van der Waals surface area contributed by atoms with Gasteiger partial charge in [-0.2, -0.15) is 0 Å². The van der Waals surface area contributed by atoms with Crippen LogP contribution in [0.5, 0.6) is 0 Å². The van der Waals surface area contributed by atoms with Gasteiger partial charge in [-0.1, -0.05) is 5.11 Å². The molecule has 1 aromatic heterocycles. The van der Waals surface area contributed by atoms with E-state index in [2.05, 4.69) is 20.3 Å². The van der Waals surface area contributed by atoms with Gasteiger partial charge in [-0.15, -0.1) is 0 Å². The molecule has 1 aliphatic rings. The van der Waals surface area contributed by atoms with E-state index in [-0.39, 0.29) is 32.0 Å². The van der Waals surface area contributed by atoms with Gasteiger partial charge in [0.25, 0.3) is 5.56 Å². The van der Waals surface area contributed by atoms with Crippen LogP contribution in [0.4, 0.5) is 4.79 Å². The molecule has 1 fully saturated rings. The maximum Gasteiger partial charge on any atom is 0.407 e. The van der Waals surface area contributed by atoms with E-state index in [9.17, 15) is 19.2 Å². The summed E-state index contributed by atoms with van der Waals surface area (Å²) >= 11 is 0. The maximum atomic E-state index is 12.1. The number of hydrogen-bond acceptors (Lipinski definition) is 8. The second-order valence-electron chi connectivity index (χ2n) is 8.33. The SMILES string of the molecule is Cc1cn(C2CC(N=[N+]=[N-])C(COC(=O)NCCCC(=O)OC(C)(C)C)O2)c(=O)[nH]c1=O. The summed E-state index contributed by atoms with van der Waals surface area (Å²) in [4.78, 5) is 52.2. The molecule has 0 saturated carbocycles. The lowest BCUT2D eigenvalue weighted by Gasteiger charge is -2.19. The molecule has 0 aromatic carbocycles. The molecule has 0 aliphatic carbocycles. The number of nitrogens with zero attached hydrogens (tertiary/aromatic N) is 4. The molecule has 0 radical (unpaired) electrons. The summed E-state index contributed by atoms with van der Waals surface area (Å²) < 4.78 is 17.3. The molecule has 1 amide bonds. The quantitative estimate of drug-likeness (QED) is 0.198. The number of azide groups is 1. The molecule has 1 saturated heterocycles. The van der Waals surface area contributed by atoms with Crippen LogP contribution in [0.1, 0.15) is 51.8 Å². The third-order valence-electron chi connectivity index (χ3n) is 4.49. The van der Waals surface area contributed by atoms with E-state index in [0.29, 0.717) is 12.0 Å². The highest BCUT2D eigenvalue weighted by Crippen LogP contribution is 2.30. The smallest absolute Gasteiger partial charge is 0.407 e. The Morgan fingerprint density at radius 2 is 2.12 bits per heavy atom. The van der Waals surface area contributed by atoms with Crippen LogP contribution in [0.25, 0.3) is 10.4 Å². The molecule has 13 nitrogen and oxygen atoms in total. The number of esters is 1. The van der Waals surface area contributed by atoms with Gasteiger partial charge < -0.3 is 19.5 Å². The zero-order chi connectivity index (χ0) is 23.9. The molecule has 1 aromatic rings. The van der Waals surface area contributed by atoms with Crippen molar-refractivity contribution in [2.24, 2.45) is 5.11 Å². The first-order valence-corrected chi connectivity index (χ1v) is 10.1. The average molecular weight is 452 g/mol. The van der Waals surface area contributed by atoms with Crippen LogP contribution in [-0.2, 0) is 19.0 Å². The third kappa shape index (κ3) is 7.43. The van der Waals surface area contributed by atoms with Crippen molar-refractivity contribution in [3.05, 3.63) is 43.0 Å². The number of hydrogen-bond donors (Lipinski definition) is 2. The predicted octanol–water partition coefficient (Wildman–Crippen LogP) is 1.66. The van der Waals surface area contributed by atoms with E-state index in [1.54, 1.807) is 27.7 Å². The van der Waals surface area contributed by atoms with Gasteiger partial charge in [0.15, 0.2) is 0 Å². The van der Waals surface area contributed by atoms with Crippen molar-refractivity contribution in [2.45, 2.75) is 70.9 Å². The molecule has 2 N–H and O–H groups in total. The van der Waals surface area contributed by atoms with Crippen molar-refractivity contribution in [1.29, 1.82) is 0 Å². The fraction of sp³-hybridized carbons (Fsp3) is 0.684. The summed E-state index contributed by atoms with van der Waals surface area (Å²) in [5.74, 6) is -0.358. The first kappa shape index (κ1) is 25.0. The molecule has 0 spiro atoms. The number of ether oxygens (including phenoxy) is 3. The number of rotatable bonds is 8. The molecule has 3 unspecified atom stereocenters. The Kier molecular flexibility index (Phi) is 8.44. The summed E-state index contributed by atoms with van der Waals surface area (Å²) in [5, 5.41) is 6.17. The van der Waals surface area contributed by atoms with Crippen LogP contribution in [-0.4, -0.2) is 52.5 Å². The fourth-order valence-corrected chi connectivity index (χ4v) is 3.05. The fourth-order valence-electron chi connectivity index (χ4n) is 3.05. The Morgan fingerprint density at radius 3 is 2.78 bits per heavy atom. The van der Waals surface area contributed by atoms with Crippen molar-refractivity contribution < 1.29 is 23.8 Å². The first-order chi connectivity index (χ1) is 15.0. The van der Waals surface area contributed by atoms with Gasteiger partial charge in [0.1, 0.15) is 24.5 Å². The van der Waals surface area contributed by atoms with Crippen LogP contribution in [0, 0.1) is 6.92 Å². The second-order valence-corrected chi connectivity index (χ2v) is 8.33. The van der Waals surface area contributed by atoms with Crippen molar-refractivity contribution in [2.75, 3.05) is 13.2 Å². The second kappa shape index (κ2) is 10.8. The Hall–Kier alpha value is -3.31. The summed E-state index contributed by atoms with van der Waals surface area (Å²) in [5.41, 5.74) is 7.40. The summed E-state index contributed by atoms with van der Waals surface area (Å²) in [7, 11) is 0. The number of amides is 1. The minimum atomic E-state index is -0.793. The molecule has 2 rings (SSSR count). The minimum absolute atomic E-state index is 0.150. The standard InChI is InChI=1S/C19H28N6O7/c1-11-9-25(17(28)22-16(11)27)14-8-12(23-24-20)13(31-14)10-30-18(29)21-7-5-6-15(26)32-19(2,3)4/h9,12-14H,5-8,10H2,1-4H3,(H,21,29)(H,22,27,28). The molecular weight excluding hydrogens is 424 g/mol. The third-order valence-corrected chi connectivity index (χ3v) is 4.49. The van der Waals surface area contributed by atoms with Gasteiger partial charge in [0.05, 0.1) is 6.04 Å². The number of carbonyl (C=O) groups is 2. The Bertz CT molecular complexity index is 989. The van der Waals surface area contributed by atoms with Crippen LogP contribution in [0.15, 0.2) is 20.9 Å². The molecule has 3 atom stereocenters. The van der Waals surface area contributed by atoms with E-state index >= 15 is 0 Å². The van der Waals surface area contributed by atoms with Gasteiger partial charge in [0, 0.05) is 36.1 Å². The Balaban J connectivity index is 1.85. The lowest BCUT2D eigenvalue weighted by Crippen LogP contribution is -2.34. The molecule has 32 heavy (non-hydrogen) atoms. The van der Waals surface area contributed by atoms with Gasteiger partial charge in [-0.3, -0.25) is 19.1 Å². The molecule has 0 bridgehead atoms. The lowest BCUT2D eigenvalue weighted by molar-refractivity contribution is -0.154. The first-order valence-electron chi connectivity index (χ1n) is 10.1. The topological polar surface area (TPSA) is 177 Å². The van der Waals surface area contributed by atoms with Crippen molar-refractivity contribution >= 4 is 12.1 Å². The number of aromatic nitrogens is 2. The molecule has 13 heteroatoms. The van der Waals surface area contributed by atoms with Crippen molar-refractivity contribution in [3.63, 3.8) is 0 Å². The predicted molar refractivity (Wildman–Crippen MR) is 112 cm³/mol. The van der Waals surface area contributed by atoms with E-state index in [1.165, 1.54) is 10.8 Å². The van der Waals surface area contributed by atoms with E-state index in [1.807, 2.05) is 0 Å². The van der Waals surface area contributed by atoms with E-state index < -0.39 is 41.3 Å². The highest BCUT2D eigenvalue weighted by Gasteiger charge is 2.37. The lowest BCUT2D eigenvalue weighted by atomic mass is 10.1.